The standard InChI is InChI=1S/C17H23N3O4S/c1-5-20(6-2)25(22,23)14-7-8-16(19(3)4)15(11-14)18-17(21)13-9-10-24-12-13/h7-12H,5-6H2,1-4H3,(H,18,21). The maximum atomic E-state index is 12.7. The van der Waals surface area contributed by atoms with Crippen LogP contribution in [0.2, 0.25) is 0 Å². The SMILES string of the molecule is CCN(CC)S(=O)(=O)c1ccc(N(C)C)c(NC(=O)c2ccoc2)c1. The Balaban J connectivity index is 2.45. The molecule has 1 aromatic carbocycles. The van der Waals surface area contributed by atoms with E-state index in [1.54, 1.807) is 36.9 Å². The largest absolute Gasteiger partial charge is 0.472 e. The van der Waals surface area contributed by atoms with E-state index in [1.165, 1.54) is 22.9 Å². The van der Waals surface area contributed by atoms with Gasteiger partial charge in [-0.3, -0.25) is 4.79 Å². The molecule has 0 spiro atoms. The van der Waals surface area contributed by atoms with E-state index in [2.05, 4.69) is 5.32 Å². The van der Waals surface area contributed by atoms with Gasteiger partial charge in [0.15, 0.2) is 0 Å². The lowest BCUT2D eigenvalue weighted by atomic mass is 10.2. The lowest BCUT2D eigenvalue weighted by molar-refractivity contribution is 0.102. The second kappa shape index (κ2) is 7.71. The number of nitrogens with zero attached hydrogens (tertiary/aromatic N) is 2. The molecule has 1 aromatic heterocycles. The molecule has 2 rings (SSSR count). The van der Waals surface area contributed by atoms with E-state index >= 15 is 0 Å². The van der Waals surface area contributed by atoms with Crippen LogP contribution >= 0.6 is 0 Å². The third kappa shape index (κ3) is 4.02. The number of furan rings is 1. The number of benzene rings is 1. The molecule has 0 saturated carbocycles. The number of hydrogen-bond acceptors (Lipinski definition) is 5. The summed E-state index contributed by atoms with van der Waals surface area (Å²) in [6, 6.07) is 6.26. The highest BCUT2D eigenvalue weighted by molar-refractivity contribution is 7.89. The summed E-state index contributed by atoms with van der Waals surface area (Å²) in [5, 5.41) is 2.76. The van der Waals surface area contributed by atoms with Crippen molar-refractivity contribution >= 4 is 27.3 Å². The summed E-state index contributed by atoms with van der Waals surface area (Å²) in [6.07, 6.45) is 2.74. The van der Waals surface area contributed by atoms with E-state index in [9.17, 15) is 13.2 Å². The average Bonchev–Trinajstić information content (AvgIpc) is 3.10. The number of nitrogens with one attached hydrogen (secondary N) is 1. The van der Waals surface area contributed by atoms with Gasteiger partial charge in [0.25, 0.3) is 5.91 Å². The van der Waals surface area contributed by atoms with E-state index < -0.39 is 10.0 Å². The maximum absolute atomic E-state index is 12.7. The van der Waals surface area contributed by atoms with Crippen LogP contribution in [0, 0.1) is 0 Å². The first kappa shape index (κ1) is 19.0. The van der Waals surface area contributed by atoms with Gasteiger partial charge in [0.1, 0.15) is 6.26 Å². The van der Waals surface area contributed by atoms with Crippen molar-refractivity contribution in [2.24, 2.45) is 0 Å². The van der Waals surface area contributed by atoms with Gasteiger partial charge in [-0.05, 0) is 24.3 Å². The van der Waals surface area contributed by atoms with Crippen LogP contribution in [0.15, 0.2) is 46.1 Å². The fourth-order valence-electron chi connectivity index (χ4n) is 2.47. The first-order chi connectivity index (χ1) is 11.8. The summed E-state index contributed by atoms with van der Waals surface area (Å²) in [5.41, 5.74) is 1.49. The molecule has 0 unspecified atom stereocenters. The lowest BCUT2D eigenvalue weighted by Crippen LogP contribution is -2.30. The zero-order chi connectivity index (χ0) is 18.6. The minimum Gasteiger partial charge on any atom is -0.472 e. The van der Waals surface area contributed by atoms with E-state index in [4.69, 9.17) is 4.42 Å². The van der Waals surface area contributed by atoms with Gasteiger partial charge in [0.05, 0.1) is 28.1 Å². The maximum Gasteiger partial charge on any atom is 0.258 e. The summed E-state index contributed by atoms with van der Waals surface area (Å²) in [4.78, 5) is 14.3. The van der Waals surface area contributed by atoms with Gasteiger partial charge in [-0.15, -0.1) is 0 Å². The van der Waals surface area contributed by atoms with Crippen molar-refractivity contribution in [2.45, 2.75) is 18.7 Å². The third-order valence-electron chi connectivity index (χ3n) is 3.82. The monoisotopic (exact) mass is 365 g/mol. The normalized spacial score (nSPS) is 11.6. The van der Waals surface area contributed by atoms with Crippen LogP contribution in [0.5, 0.6) is 0 Å². The van der Waals surface area contributed by atoms with Gasteiger partial charge in [0.2, 0.25) is 10.0 Å². The molecule has 7 nitrogen and oxygen atoms in total. The van der Waals surface area contributed by atoms with Crippen LogP contribution in [0.1, 0.15) is 24.2 Å². The van der Waals surface area contributed by atoms with Crippen molar-refractivity contribution in [1.82, 2.24) is 4.31 Å². The summed E-state index contributed by atoms with van der Waals surface area (Å²) >= 11 is 0. The van der Waals surface area contributed by atoms with Gasteiger partial charge in [-0.25, -0.2) is 8.42 Å². The molecule has 8 heteroatoms. The molecule has 25 heavy (non-hydrogen) atoms. The van der Waals surface area contributed by atoms with Crippen LogP contribution in [-0.4, -0.2) is 45.8 Å². The quantitative estimate of drug-likeness (QED) is 0.815. The number of carbonyl (C=O) groups is 1. The third-order valence-corrected chi connectivity index (χ3v) is 5.87. The number of carbonyl (C=O) groups excluding carboxylic acids is 1. The Kier molecular flexibility index (Phi) is 5.86. The van der Waals surface area contributed by atoms with E-state index in [1.807, 2.05) is 14.1 Å². The summed E-state index contributed by atoms with van der Waals surface area (Å²) in [6.45, 7) is 4.34. The molecule has 0 radical (unpaired) electrons. The zero-order valence-corrected chi connectivity index (χ0v) is 15.6. The molecular weight excluding hydrogens is 342 g/mol. The number of amides is 1. The molecular formula is C17H23N3O4S. The van der Waals surface area contributed by atoms with Gasteiger partial charge < -0.3 is 14.6 Å². The Hall–Kier alpha value is -2.32. The summed E-state index contributed by atoms with van der Waals surface area (Å²) in [7, 11) is 0.0309. The molecule has 0 aliphatic rings. The van der Waals surface area contributed by atoms with Crippen molar-refractivity contribution in [3.8, 4) is 0 Å². The predicted octanol–water partition coefficient (Wildman–Crippen LogP) is 2.63. The van der Waals surface area contributed by atoms with E-state index in [0.29, 0.717) is 30.0 Å². The second-order valence-corrected chi connectivity index (χ2v) is 7.57. The van der Waals surface area contributed by atoms with Gasteiger partial charge in [0, 0.05) is 27.2 Å². The first-order valence-electron chi connectivity index (χ1n) is 7.96. The number of anilines is 2. The molecule has 2 aromatic rings. The van der Waals surface area contributed by atoms with Crippen LogP contribution in [0.25, 0.3) is 0 Å². The Morgan fingerprint density at radius 1 is 1.16 bits per heavy atom. The smallest absolute Gasteiger partial charge is 0.258 e. The highest BCUT2D eigenvalue weighted by Crippen LogP contribution is 2.29. The van der Waals surface area contributed by atoms with Crippen LogP contribution < -0.4 is 10.2 Å². The van der Waals surface area contributed by atoms with Crippen molar-refractivity contribution in [3.05, 3.63) is 42.4 Å². The van der Waals surface area contributed by atoms with E-state index in [0.717, 1.165) is 0 Å². The zero-order valence-electron chi connectivity index (χ0n) is 14.8. The number of hydrogen-bond donors (Lipinski definition) is 1. The number of sulfonamides is 1. The van der Waals surface area contributed by atoms with Crippen LogP contribution in [-0.2, 0) is 10.0 Å². The Labute approximate surface area is 148 Å². The minimum atomic E-state index is -3.61. The topological polar surface area (TPSA) is 82.9 Å². The molecule has 0 atom stereocenters. The highest BCUT2D eigenvalue weighted by Gasteiger charge is 2.23. The van der Waals surface area contributed by atoms with Gasteiger partial charge in [-0.1, -0.05) is 13.8 Å². The highest BCUT2D eigenvalue weighted by atomic mass is 32.2. The minimum absolute atomic E-state index is 0.143. The fraction of sp³-hybridized carbons (Fsp3) is 0.353. The number of rotatable bonds is 7. The first-order valence-corrected chi connectivity index (χ1v) is 9.40. The second-order valence-electron chi connectivity index (χ2n) is 5.63. The molecule has 1 heterocycles. The Morgan fingerprint density at radius 2 is 1.84 bits per heavy atom. The van der Waals surface area contributed by atoms with Crippen molar-refractivity contribution in [3.63, 3.8) is 0 Å². The van der Waals surface area contributed by atoms with Crippen molar-refractivity contribution in [2.75, 3.05) is 37.4 Å². The molecule has 0 fully saturated rings. The van der Waals surface area contributed by atoms with Crippen molar-refractivity contribution in [1.29, 1.82) is 0 Å². The summed E-state index contributed by atoms with van der Waals surface area (Å²) in [5.74, 6) is -0.366. The molecule has 0 saturated heterocycles. The lowest BCUT2D eigenvalue weighted by Gasteiger charge is -2.22. The predicted molar refractivity (Wildman–Crippen MR) is 97.5 cm³/mol. The van der Waals surface area contributed by atoms with Crippen LogP contribution in [0.4, 0.5) is 11.4 Å². The Morgan fingerprint density at radius 3 is 2.36 bits per heavy atom. The average molecular weight is 365 g/mol. The molecule has 136 valence electrons. The van der Waals surface area contributed by atoms with Crippen molar-refractivity contribution < 1.29 is 17.6 Å². The van der Waals surface area contributed by atoms with E-state index in [-0.39, 0.29) is 10.8 Å². The molecule has 0 aliphatic carbocycles. The molecule has 1 amide bonds. The van der Waals surface area contributed by atoms with Crippen LogP contribution in [0.3, 0.4) is 0 Å². The fourth-order valence-corrected chi connectivity index (χ4v) is 3.95. The summed E-state index contributed by atoms with van der Waals surface area (Å²) < 4.78 is 31.7. The molecule has 0 bridgehead atoms. The van der Waals surface area contributed by atoms with Gasteiger partial charge in [-0.2, -0.15) is 4.31 Å². The molecule has 0 aliphatic heterocycles. The van der Waals surface area contributed by atoms with Gasteiger partial charge >= 0.3 is 0 Å². The molecule has 1 N–H and O–H groups in total. The Bertz CT molecular complexity index is 826.